The van der Waals surface area contributed by atoms with Crippen LogP contribution < -0.4 is 5.32 Å². The van der Waals surface area contributed by atoms with E-state index in [1.807, 2.05) is 13.8 Å². The van der Waals surface area contributed by atoms with Crippen LogP contribution in [-0.4, -0.2) is 60.2 Å². The molecule has 1 unspecified atom stereocenters. The predicted octanol–water partition coefficient (Wildman–Crippen LogP) is 4.17. The zero-order valence-electron chi connectivity index (χ0n) is 21.0. The largest absolute Gasteiger partial charge is 0.348 e. The lowest BCUT2D eigenvalue weighted by molar-refractivity contribution is -0.139. The molecule has 0 spiro atoms. The third kappa shape index (κ3) is 6.04. The Hall–Kier alpha value is -2.37. The van der Waals surface area contributed by atoms with Gasteiger partial charge in [-0.3, -0.25) is 9.48 Å². The Kier molecular flexibility index (Phi) is 7.14. The summed E-state index contributed by atoms with van der Waals surface area (Å²) in [6.07, 6.45) is 0.220. The molecule has 8 nitrogen and oxygen atoms in total. The third-order valence-corrected chi connectivity index (χ3v) is 9.60. The van der Waals surface area contributed by atoms with Gasteiger partial charge in [0.2, 0.25) is 5.91 Å². The molecule has 3 fully saturated rings. The highest BCUT2D eigenvalue weighted by Gasteiger charge is 2.39. The Labute approximate surface area is 215 Å². The molecule has 0 radical (unpaired) electrons. The van der Waals surface area contributed by atoms with Crippen LogP contribution in [0.25, 0.3) is 0 Å². The Morgan fingerprint density at radius 2 is 1.84 bits per heavy atom. The van der Waals surface area contributed by atoms with Crippen LogP contribution in [0.2, 0.25) is 0 Å². The van der Waals surface area contributed by atoms with Gasteiger partial charge < -0.3 is 14.8 Å². The molecule has 1 aromatic carbocycles. The van der Waals surface area contributed by atoms with Gasteiger partial charge in [0.15, 0.2) is 21.4 Å². The van der Waals surface area contributed by atoms with E-state index in [0.29, 0.717) is 37.4 Å². The van der Waals surface area contributed by atoms with Crippen LogP contribution in [0, 0.1) is 5.92 Å². The average molecular weight is 538 g/mol. The van der Waals surface area contributed by atoms with Gasteiger partial charge in [0.1, 0.15) is 18.4 Å². The summed E-state index contributed by atoms with van der Waals surface area (Å²) >= 11 is 0. The Morgan fingerprint density at radius 1 is 1.16 bits per heavy atom. The van der Waals surface area contributed by atoms with Crippen LogP contribution in [0.15, 0.2) is 41.4 Å². The highest BCUT2D eigenvalue weighted by Crippen LogP contribution is 2.39. The molecule has 2 saturated carbocycles. The topological polar surface area (TPSA) is 99.5 Å². The first-order chi connectivity index (χ1) is 17.5. The number of ether oxygens (including phenoxy) is 2. The molecule has 5 rings (SSSR count). The van der Waals surface area contributed by atoms with Crippen LogP contribution in [-0.2, 0) is 30.7 Å². The van der Waals surface area contributed by atoms with Crippen LogP contribution in [0.4, 0.5) is 14.6 Å². The van der Waals surface area contributed by atoms with Crippen molar-refractivity contribution in [2.75, 3.05) is 11.9 Å². The van der Waals surface area contributed by atoms with Crippen molar-refractivity contribution < 1.29 is 31.5 Å². The van der Waals surface area contributed by atoms with Gasteiger partial charge in [-0.15, -0.1) is 0 Å². The number of benzene rings is 1. The molecule has 5 atom stereocenters. The molecule has 2 aliphatic carbocycles. The molecule has 2 heterocycles. The molecule has 1 saturated heterocycles. The lowest BCUT2D eigenvalue weighted by Crippen LogP contribution is -2.25. The van der Waals surface area contributed by atoms with E-state index < -0.39 is 33.9 Å². The highest BCUT2D eigenvalue weighted by molar-refractivity contribution is 7.92. The molecule has 202 valence electrons. The number of carbonyl (C=O) groups excluding carboxylic acids is 1. The molecule has 3 aliphatic rings. The minimum atomic E-state index is -3.36. The zero-order chi connectivity index (χ0) is 26.4. The SMILES string of the molecule is CC1(C)OC[C@H](Cn2ccc(NC(=O)C(C[C@H]3C[C@@H](F)[C@@H](F)C3)c3ccc(S(=O)(=O)C4CC4)cc3)n2)O1. The lowest BCUT2D eigenvalue weighted by Gasteiger charge is -2.20. The Bertz CT molecular complexity index is 1220. The number of anilines is 1. The van der Waals surface area contributed by atoms with Crippen molar-refractivity contribution in [2.45, 2.75) is 92.8 Å². The minimum Gasteiger partial charge on any atom is -0.348 e. The zero-order valence-corrected chi connectivity index (χ0v) is 21.8. The summed E-state index contributed by atoms with van der Waals surface area (Å²) in [5.41, 5.74) is 0.600. The van der Waals surface area contributed by atoms with Crippen molar-refractivity contribution >= 4 is 21.6 Å². The van der Waals surface area contributed by atoms with E-state index in [2.05, 4.69) is 10.4 Å². The number of hydrogen-bond acceptors (Lipinski definition) is 6. The second-order valence-electron chi connectivity index (χ2n) is 10.8. The van der Waals surface area contributed by atoms with Crippen molar-refractivity contribution in [2.24, 2.45) is 5.92 Å². The summed E-state index contributed by atoms with van der Waals surface area (Å²) in [5, 5.41) is 6.91. The van der Waals surface area contributed by atoms with Gasteiger partial charge in [-0.25, -0.2) is 17.2 Å². The number of rotatable bonds is 9. The first-order valence-electron chi connectivity index (χ1n) is 12.8. The first kappa shape index (κ1) is 26.2. The molecule has 11 heteroatoms. The van der Waals surface area contributed by atoms with E-state index in [4.69, 9.17) is 9.47 Å². The summed E-state index contributed by atoms with van der Waals surface area (Å²) in [4.78, 5) is 13.6. The lowest BCUT2D eigenvalue weighted by atomic mass is 9.87. The molecule has 2 aromatic rings. The monoisotopic (exact) mass is 537 g/mol. The fourth-order valence-corrected chi connectivity index (χ4v) is 6.87. The highest BCUT2D eigenvalue weighted by atomic mass is 32.2. The number of carbonyl (C=O) groups is 1. The number of sulfone groups is 1. The normalized spacial score (nSPS) is 28.3. The van der Waals surface area contributed by atoms with E-state index in [0.717, 1.165) is 0 Å². The number of hydrogen-bond donors (Lipinski definition) is 1. The van der Waals surface area contributed by atoms with E-state index in [9.17, 15) is 22.0 Å². The van der Waals surface area contributed by atoms with Crippen molar-refractivity contribution in [3.8, 4) is 0 Å². The van der Waals surface area contributed by atoms with Gasteiger partial charge in [-0.1, -0.05) is 12.1 Å². The van der Waals surface area contributed by atoms with E-state index in [-0.39, 0.29) is 47.3 Å². The van der Waals surface area contributed by atoms with Crippen LogP contribution >= 0.6 is 0 Å². The quantitative estimate of drug-likeness (QED) is 0.516. The molecular weight excluding hydrogens is 504 g/mol. The Morgan fingerprint density at radius 3 is 2.43 bits per heavy atom. The van der Waals surface area contributed by atoms with Crippen LogP contribution in [0.3, 0.4) is 0 Å². The van der Waals surface area contributed by atoms with Gasteiger partial charge in [-0.05, 0) is 69.6 Å². The standard InChI is InChI=1S/C26H33F2N3O5S/c1-26(2)35-15-18(36-26)14-31-10-9-24(30-31)29-25(32)21(11-16-12-22(27)23(28)13-16)17-3-5-19(6-4-17)37(33,34)20-7-8-20/h3-6,9-10,16,18,20-23H,7-8,11-15H2,1-2H3,(H,29,30,32)/t16-,18-,21?,22+,23-/m0/s1. The fraction of sp³-hybridized carbons (Fsp3) is 0.615. The first-order valence-corrected chi connectivity index (χ1v) is 14.3. The molecule has 1 aromatic heterocycles. The Balaban J connectivity index is 1.30. The van der Waals surface area contributed by atoms with Gasteiger partial charge >= 0.3 is 0 Å². The van der Waals surface area contributed by atoms with E-state index in [1.54, 1.807) is 29.1 Å². The third-order valence-electron chi connectivity index (χ3n) is 7.32. The average Bonchev–Trinajstić information content (AvgIpc) is 3.44. The molecule has 1 N–H and O–H groups in total. The molecule has 0 bridgehead atoms. The maximum atomic E-state index is 13.9. The van der Waals surface area contributed by atoms with Crippen molar-refractivity contribution in [1.82, 2.24) is 9.78 Å². The number of nitrogens with one attached hydrogen (secondary N) is 1. The molecule has 37 heavy (non-hydrogen) atoms. The number of nitrogens with zero attached hydrogens (tertiary/aromatic N) is 2. The summed E-state index contributed by atoms with van der Waals surface area (Å²) in [6, 6.07) is 7.98. The summed E-state index contributed by atoms with van der Waals surface area (Å²) in [5.74, 6) is -1.66. The minimum absolute atomic E-state index is 0.0630. The van der Waals surface area contributed by atoms with E-state index >= 15 is 0 Å². The fourth-order valence-electron chi connectivity index (χ4n) is 5.21. The number of aromatic nitrogens is 2. The van der Waals surface area contributed by atoms with E-state index in [1.165, 1.54) is 12.1 Å². The number of alkyl halides is 2. The predicted molar refractivity (Wildman–Crippen MR) is 132 cm³/mol. The molecular formula is C26H33F2N3O5S. The van der Waals surface area contributed by atoms with Gasteiger partial charge in [0.25, 0.3) is 0 Å². The number of amides is 1. The summed E-state index contributed by atoms with van der Waals surface area (Å²) in [6.45, 7) is 4.58. The van der Waals surface area contributed by atoms with Gasteiger partial charge in [-0.2, -0.15) is 5.10 Å². The maximum Gasteiger partial charge on any atom is 0.233 e. The second-order valence-corrected chi connectivity index (χ2v) is 13.1. The van der Waals surface area contributed by atoms with Crippen molar-refractivity contribution in [3.63, 3.8) is 0 Å². The summed E-state index contributed by atoms with van der Waals surface area (Å²) < 4.78 is 65.9. The van der Waals surface area contributed by atoms with Crippen molar-refractivity contribution in [1.29, 1.82) is 0 Å². The van der Waals surface area contributed by atoms with Crippen molar-refractivity contribution in [3.05, 3.63) is 42.1 Å². The van der Waals surface area contributed by atoms with Crippen LogP contribution in [0.1, 0.15) is 57.4 Å². The number of halogens is 2. The van der Waals surface area contributed by atoms with Gasteiger partial charge in [0.05, 0.1) is 29.2 Å². The summed E-state index contributed by atoms with van der Waals surface area (Å²) in [7, 11) is -3.36. The molecule has 1 amide bonds. The smallest absolute Gasteiger partial charge is 0.233 e. The second kappa shape index (κ2) is 10.1. The molecule has 1 aliphatic heterocycles. The maximum absolute atomic E-state index is 13.9. The van der Waals surface area contributed by atoms with Crippen LogP contribution in [0.5, 0.6) is 0 Å². The van der Waals surface area contributed by atoms with Gasteiger partial charge in [0, 0.05) is 12.3 Å².